The van der Waals surface area contributed by atoms with Crippen LogP contribution < -0.4 is 21.8 Å². The zero-order chi connectivity index (χ0) is 24.6. The largest absolute Gasteiger partial charge is 0.379 e. The number of hydrogen-bond donors (Lipinski definition) is 3. The Balaban J connectivity index is 1.25. The van der Waals surface area contributed by atoms with Crippen molar-refractivity contribution in [2.45, 2.75) is 25.9 Å². The van der Waals surface area contributed by atoms with Crippen molar-refractivity contribution in [3.63, 3.8) is 0 Å². The van der Waals surface area contributed by atoms with E-state index in [-0.39, 0.29) is 42.4 Å². The molecule has 0 bridgehead atoms. The minimum absolute atomic E-state index is 0.0339. The van der Waals surface area contributed by atoms with Crippen molar-refractivity contribution in [2.75, 3.05) is 38.2 Å². The summed E-state index contributed by atoms with van der Waals surface area (Å²) in [5.41, 5.74) is 0.791. The van der Waals surface area contributed by atoms with Gasteiger partial charge in [0.25, 0.3) is 11.1 Å². The third kappa shape index (κ3) is 6.65. The van der Waals surface area contributed by atoms with Gasteiger partial charge in [0.05, 0.1) is 30.5 Å². The van der Waals surface area contributed by atoms with Crippen LogP contribution in [0, 0.1) is 0 Å². The van der Waals surface area contributed by atoms with Gasteiger partial charge in [-0.05, 0) is 29.8 Å². The maximum Gasteiger partial charge on any atom is 0.273 e. The van der Waals surface area contributed by atoms with Crippen LogP contribution >= 0.6 is 0 Å². The molecular weight excluding hydrogens is 450 g/mol. The Hall–Kier alpha value is -3.76. The van der Waals surface area contributed by atoms with Crippen LogP contribution in [0.1, 0.15) is 18.4 Å². The first-order valence-electron chi connectivity index (χ1n) is 11.7. The lowest BCUT2D eigenvalue weighted by atomic mass is 10.2. The summed E-state index contributed by atoms with van der Waals surface area (Å²) in [6.45, 7) is 4.11. The number of nitrogens with one attached hydrogen (secondary N) is 3. The van der Waals surface area contributed by atoms with Gasteiger partial charge in [0.15, 0.2) is 0 Å². The lowest BCUT2D eigenvalue weighted by Gasteiger charge is -2.26. The van der Waals surface area contributed by atoms with E-state index in [0.717, 1.165) is 23.3 Å². The summed E-state index contributed by atoms with van der Waals surface area (Å²) in [6, 6.07) is 13.9. The first-order chi connectivity index (χ1) is 17.0. The van der Waals surface area contributed by atoms with Gasteiger partial charge < -0.3 is 15.4 Å². The molecule has 0 saturated carbocycles. The van der Waals surface area contributed by atoms with Crippen molar-refractivity contribution >= 4 is 28.3 Å². The lowest BCUT2D eigenvalue weighted by Crippen LogP contribution is -2.38. The fourth-order valence-corrected chi connectivity index (χ4v) is 3.97. The van der Waals surface area contributed by atoms with E-state index in [1.165, 1.54) is 0 Å². The van der Waals surface area contributed by atoms with Gasteiger partial charge in [0.1, 0.15) is 0 Å². The van der Waals surface area contributed by atoms with E-state index in [2.05, 4.69) is 20.6 Å². The summed E-state index contributed by atoms with van der Waals surface area (Å²) in [5.74, 6) is -0.321. The van der Waals surface area contributed by atoms with Gasteiger partial charge in [0.2, 0.25) is 11.8 Å². The molecule has 0 radical (unpaired) electrons. The molecule has 0 atom stereocenters. The number of fused-ring (bicyclic) bond motifs is 1. The molecule has 10 heteroatoms. The van der Waals surface area contributed by atoms with E-state index in [4.69, 9.17) is 4.74 Å². The molecule has 2 aromatic carbocycles. The molecule has 35 heavy (non-hydrogen) atoms. The van der Waals surface area contributed by atoms with Crippen LogP contribution in [0.15, 0.2) is 58.1 Å². The molecule has 1 aliphatic rings. The molecule has 2 heterocycles. The SMILES string of the molecule is O=C(CCn1[nH]c(=O)c2ccccc2c1=O)NCc1cccc(NC(=O)CCN2CCOCC2)c1. The highest BCUT2D eigenvalue weighted by atomic mass is 16.5. The maximum atomic E-state index is 12.6. The first kappa shape index (κ1) is 24.4. The number of rotatable bonds is 9. The van der Waals surface area contributed by atoms with E-state index in [0.29, 0.717) is 42.6 Å². The number of aryl methyl sites for hydroxylation is 1. The average molecular weight is 480 g/mol. The van der Waals surface area contributed by atoms with E-state index in [1.54, 1.807) is 30.3 Å². The highest BCUT2D eigenvalue weighted by molar-refractivity contribution is 5.90. The van der Waals surface area contributed by atoms with E-state index in [1.807, 2.05) is 18.2 Å². The Bertz CT molecular complexity index is 1310. The van der Waals surface area contributed by atoms with Crippen LogP contribution in [0.4, 0.5) is 5.69 Å². The Labute approximate surface area is 201 Å². The Kier molecular flexibility index (Phi) is 8.07. The van der Waals surface area contributed by atoms with E-state index < -0.39 is 0 Å². The van der Waals surface area contributed by atoms with Crippen LogP contribution in [0.5, 0.6) is 0 Å². The van der Waals surface area contributed by atoms with Gasteiger partial charge in [-0.25, -0.2) is 4.68 Å². The van der Waals surface area contributed by atoms with Gasteiger partial charge in [-0.3, -0.25) is 29.2 Å². The minimum atomic E-state index is -0.371. The fourth-order valence-electron chi connectivity index (χ4n) is 3.97. The number of anilines is 1. The lowest BCUT2D eigenvalue weighted by molar-refractivity contribution is -0.121. The highest BCUT2D eigenvalue weighted by Gasteiger charge is 2.12. The summed E-state index contributed by atoms with van der Waals surface area (Å²) in [4.78, 5) is 51.6. The number of aromatic nitrogens is 2. The molecule has 3 aromatic rings. The van der Waals surface area contributed by atoms with Crippen LogP contribution in [-0.2, 0) is 27.4 Å². The summed E-state index contributed by atoms with van der Waals surface area (Å²) >= 11 is 0. The predicted octanol–water partition coefficient (Wildman–Crippen LogP) is 1.06. The van der Waals surface area contributed by atoms with Crippen LogP contribution in [0.25, 0.3) is 10.8 Å². The number of hydrogen-bond acceptors (Lipinski definition) is 6. The number of carbonyl (C=O) groups excluding carboxylic acids is 2. The molecule has 184 valence electrons. The summed E-state index contributed by atoms with van der Waals surface area (Å²) in [5, 5.41) is 8.88. The predicted molar refractivity (Wildman–Crippen MR) is 132 cm³/mol. The monoisotopic (exact) mass is 479 g/mol. The smallest absolute Gasteiger partial charge is 0.273 e. The van der Waals surface area contributed by atoms with E-state index in [9.17, 15) is 19.2 Å². The zero-order valence-electron chi connectivity index (χ0n) is 19.4. The number of amides is 2. The third-order valence-electron chi connectivity index (χ3n) is 5.91. The van der Waals surface area contributed by atoms with Gasteiger partial charge in [0, 0.05) is 44.7 Å². The van der Waals surface area contributed by atoms with Crippen LogP contribution in [-0.4, -0.2) is 59.3 Å². The molecule has 1 aliphatic heterocycles. The number of morpholine rings is 1. The number of carbonyl (C=O) groups is 2. The number of nitrogens with zero attached hydrogens (tertiary/aromatic N) is 2. The Morgan fingerprint density at radius 1 is 0.914 bits per heavy atom. The van der Waals surface area contributed by atoms with Gasteiger partial charge in [-0.15, -0.1) is 0 Å². The number of ether oxygens (including phenoxy) is 1. The van der Waals surface area contributed by atoms with Crippen molar-refractivity contribution < 1.29 is 14.3 Å². The van der Waals surface area contributed by atoms with Gasteiger partial charge >= 0.3 is 0 Å². The summed E-state index contributed by atoms with van der Waals surface area (Å²) in [6.07, 6.45) is 0.434. The normalized spacial score (nSPS) is 14.1. The maximum absolute atomic E-state index is 12.6. The molecular formula is C25H29N5O5. The molecule has 1 fully saturated rings. The molecule has 0 spiro atoms. The third-order valence-corrected chi connectivity index (χ3v) is 5.91. The van der Waals surface area contributed by atoms with Crippen molar-refractivity contribution in [1.82, 2.24) is 20.0 Å². The zero-order valence-corrected chi connectivity index (χ0v) is 19.4. The van der Waals surface area contributed by atoms with Crippen molar-refractivity contribution in [2.24, 2.45) is 0 Å². The molecule has 2 amide bonds. The Morgan fingerprint density at radius 3 is 2.46 bits per heavy atom. The number of H-pyrrole nitrogens is 1. The molecule has 0 unspecified atom stereocenters. The quantitative estimate of drug-likeness (QED) is 0.421. The number of benzene rings is 2. The van der Waals surface area contributed by atoms with Crippen molar-refractivity contribution in [3.05, 3.63) is 74.8 Å². The van der Waals surface area contributed by atoms with Crippen LogP contribution in [0.2, 0.25) is 0 Å². The molecule has 0 aliphatic carbocycles. The molecule has 10 nitrogen and oxygen atoms in total. The van der Waals surface area contributed by atoms with Crippen molar-refractivity contribution in [1.29, 1.82) is 0 Å². The summed E-state index contributed by atoms with van der Waals surface area (Å²) in [7, 11) is 0. The molecule has 3 N–H and O–H groups in total. The Morgan fingerprint density at radius 2 is 1.66 bits per heavy atom. The molecule has 1 aromatic heterocycles. The minimum Gasteiger partial charge on any atom is -0.379 e. The van der Waals surface area contributed by atoms with Gasteiger partial charge in [-0.1, -0.05) is 24.3 Å². The first-order valence-corrected chi connectivity index (χ1v) is 11.7. The second-order valence-electron chi connectivity index (χ2n) is 8.42. The second-order valence-corrected chi connectivity index (χ2v) is 8.42. The van der Waals surface area contributed by atoms with Crippen LogP contribution in [0.3, 0.4) is 0 Å². The second kappa shape index (κ2) is 11.6. The fraction of sp³-hybridized carbons (Fsp3) is 0.360. The van der Waals surface area contributed by atoms with Gasteiger partial charge in [-0.2, -0.15) is 0 Å². The molecule has 1 saturated heterocycles. The number of aromatic amines is 1. The summed E-state index contributed by atoms with van der Waals surface area (Å²) < 4.78 is 6.48. The van der Waals surface area contributed by atoms with E-state index >= 15 is 0 Å². The topological polar surface area (TPSA) is 126 Å². The van der Waals surface area contributed by atoms with Crippen molar-refractivity contribution in [3.8, 4) is 0 Å². The molecule has 4 rings (SSSR count). The average Bonchev–Trinajstić information content (AvgIpc) is 2.88. The standard InChI is InChI=1S/C25H29N5O5/c31-22(9-11-30-25(34)21-7-2-1-6-20(21)24(33)28-30)26-17-18-4-3-5-19(16-18)27-23(32)8-10-29-12-14-35-15-13-29/h1-7,16H,8-15,17H2,(H,26,31)(H,27,32)(H,28,33). The highest BCUT2D eigenvalue weighted by Crippen LogP contribution is 2.11.